The molecule has 0 bridgehead atoms. The van der Waals surface area contributed by atoms with Crippen molar-refractivity contribution in [3.63, 3.8) is 0 Å². The van der Waals surface area contributed by atoms with E-state index in [2.05, 4.69) is 5.32 Å². The molecule has 1 heterocycles. The second kappa shape index (κ2) is 8.51. The summed E-state index contributed by atoms with van der Waals surface area (Å²) in [5, 5.41) is 2.07. The van der Waals surface area contributed by atoms with Gasteiger partial charge in [-0.05, 0) is 43.9 Å². The fourth-order valence-electron chi connectivity index (χ4n) is 3.65. The molecule has 1 N–H and O–H groups in total. The predicted octanol–water partition coefficient (Wildman–Crippen LogP) is 1.66. The number of sulfone groups is 2. The predicted molar refractivity (Wildman–Crippen MR) is 111 cm³/mol. The summed E-state index contributed by atoms with van der Waals surface area (Å²) in [5.74, 6) is -1.23. The molecule has 158 valence electrons. The van der Waals surface area contributed by atoms with Crippen LogP contribution in [-0.4, -0.2) is 65.2 Å². The van der Waals surface area contributed by atoms with Crippen molar-refractivity contribution < 1.29 is 21.2 Å². The minimum atomic E-state index is -3.93. The summed E-state index contributed by atoms with van der Waals surface area (Å²) in [6, 6.07) is 13.4. The molecule has 1 aliphatic heterocycles. The first-order chi connectivity index (χ1) is 13.6. The van der Waals surface area contributed by atoms with Crippen LogP contribution in [0.15, 0.2) is 59.5 Å². The number of likely N-dealkylation sites (N-methyl/N-ethyl adjacent to an activating group) is 1. The van der Waals surface area contributed by atoms with Crippen molar-refractivity contribution in [2.24, 2.45) is 0 Å². The van der Waals surface area contributed by atoms with Gasteiger partial charge in [-0.2, -0.15) is 0 Å². The van der Waals surface area contributed by atoms with Crippen LogP contribution in [0.4, 0.5) is 4.39 Å². The molecule has 1 aliphatic rings. The van der Waals surface area contributed by atoms with Gasteiger partial charge in [0.15, 0.2) is 19.7 Å². The Kier molecular flexibility index (Phi) is 6.42. The van der Waals surface area contributed by atoms with Crippen LogP contribution in [0.1, 0.15) is 11.6 Å². The van der Waals surface area contributed by atoms with E-state index < -0.39 is 42.5 Å². The molecule has 0 aliphatic carbocycles. The highest BCUT2D eigenvalue weighted by molar-refractivity contribution is 7.96. The summed E-state index contributed by atoms with van der Waals surface area (Å²) in [5.41, 5.74) is 1.05. The molecule has 3 atom stereocenters. The van der Waals surface area contributed by atoms with Crippen LogP contribution in [0, 0.1) is 5.82 Å². The average Bonchev–Trinajstić information content (AvgIpc) is 2.98. The summed E-state index contributed by atoms with van der Waals surface area (Å²) in [6.07, 6.45) is 0. The van der Waals surface area contributed by atoms with E-state index in [1.807, 2.05) is 49.3 Å². The third-order valence-electron chi connectivity index (χ3n) is 5.22. The van der Waals surface area contributed by atoms with Gasteiger partial charge in [-0.1, -0.05) is 30.3 Å². The summed E-state index contributed by atoms with van der Waals surface area (Å²) < 4.78 is 63.8. The van der Waals surface area contributed by atoms with Crippen molar-refractivity contribution in [3.8, 4) is 0 Å². The van der Waals surface area contributed by atoms with Crippen molar-refractivity contribution in [1.82, 2.24) is 10.2 Å². The van der Waals surface area contributed by atoms with E-state index >= 15 is 0 Å². The van der Waals surface area contributed by atoms with E-state index in [1.165, 1.54) is 12.1 Å². The number of benzene rings is 2. The van der Waals surface area contributed by atoms with Crippen molar-refractivity contribution in [2.45, 2.75) is 22.2 Å². The second-order valence-corrected chi connectivity index (χ2v) is 11.8. The molecule has 0 saturated carbocycles. The highest BCUT2D eigenvalue weighted by Gasteiger charge is 2.45. The van der Waals surface area contributed by atoms with Crippen LogP contribution in [-0.2, 0) is 19.7 Å². The lowest BCUT2D eigenvalue weighted by molar-refractivity contribution is 0.282. The van der Waals surface area contributed by atoms with Gasteiger partial charge in [-0.3, -0.25) is 0 Å². The molecular weight excluding hydrogens is 415 g/mol. The first kappa shape index (κ1) is 21.9. The zero-order valence-corrected chi connectivity index (χ0v) is 18.0. The van der Waals surface area contributed by atoms with Gasteiger partial charge in [0, 0.05) is 18.6 Å². The number of rotatable bonds is 7. The van der Waals surface area contributed by atoms with Crippen LogP contribution in [0.5, 0.6) is 0 Å². The number of hydrogen-bond donors (Lipinski definition) is 1. The van der Waals surface area contributed by atoms with E-state index in [1.54, 1.807) is 0 Å². The van der Waals surface area contributed by atoms with Gasteiger partial charge >= 0.3 is 0 Å². The summed E-state index contributed by atoms with van der Waals surface area (Å²) >= 11 is 0. The van der Waals surface area contributed by atoms with Gasteiger partial charge in [0.05, 0.1) is 21.7 Å². The first-order valence-corrected chi connectivity index (χ1v) is 12.6. The number of halogens is 1. The summed E-state index contributed by atoms with van der Waals surface area (Å²) in [6.45, 7) is 0.395. The van der Waals surface area contributed by atoms with Crippen LogP contribution in [0.25, 0.3) is 0 Å². The Morgan fingerprint density at radius 1 is 1.07 bits per heavy atom. The van der Waals surface area contributed by atoms with Crippen LogP contribution in [0.2, 0.25) is 0 Å². The molecule has 0 spiro atoms. The van der Waals surface area contributed by atoms with Gasteiger partial charge in [0.1, 0.15) is 5.82 Å². The van der Waals surface area contributed by atoms with Gasteiger partial charge < -0.3 is 10.2 Å². The van der Waals surface area contributed by atoms with Gasteiger partial charge in [0.2, 0.25) is 0 Å². The monoisotopic (exact) mass is 440 g/mol. The molecule has 2 aromatic rings. The molecule has 0 aromatic heterocycles. The Morgan fingerprint density at radius 3 is 2.28 bits per heavy atom. The normalized spacial score (nSPS) is 22.6. The van der Waals surface area contributed by atoms with E-state index in [0.29, 0.717) is 6.54 Å². The van der Waals surface area contributed by atoms with E-state index in [4.69, 9.17) is 0 Å². The molecule has 9 heteroatoms. The molecule has 0 amide bonds. The smallest absolute Gasteiger partial charge is 0.183 e. The van der Waals surface area contributed by atoms with Gasteiger partial charge in [-0.25, -0.2) is 21.2 Å². The Balaban J connectivity index is 1.84. The van der Waals surface area contributed by atoms with Gasteiger partial charge in [-0.15, -0.1) is 0 Å². The molecule has 29 heavy (non-hydrogen) atoms. The minimum Gasteiger partial charge on any atom is -0.310 e. The average molecular weight is 441 g/mol. The zero-order valence-electron chi connectivity index (χ0n) is 16.3. The summed E-state index contributed by atoms with van der Waals surface area (Å²) in [7, 11) is -3.61. The molecule has 1 unspecified atom stereocenters. The second-order valence-electron chi connectivity index (χ2n) is 7.52. The number of hydrogen-bond acceptors (Lipinski definition) is 6. The molecule has 3 rings (SSSR count). The lowest BCUT2D eigenvalue weighted by Crippen LogP contribution is -2.46. The largest absolute Gasteiger partial charge is 0.310 e. The van der Waals surface area contributed by atoms with Crippen LogP contribution >= 0.6 is 0 Å². The topological polar surface area (TPSA) is 83.6 Å². The molecule has 1 fully saturated rings. The first-order valence-electron chi connectivity index (χ1n) is 9.25. The van der Waals surface area contributed by atoms with Crippen molar-refractivity contribution >= 4 is 19.7 Å². The summed E-state index contributed by atoms with van der Waals surface area (Å²) in [4.78, 5) is 1.93. The lowest BCUT2D eigenvalue weighted by atomic mass is 10.1. The molecule has 2 aromatic carbocycles. The fourth-order valence-corrected chi connectivity index (χ4v) is 8.36. The Labute approximate surface area is 171 Å². The van der Waals surface area contributed by atoms with Crippen molar-refractivity contribution in [1.29, 1.82) is 0 Å². The van der Waals surface area contributed by atoms with Crippen LogP contribution in [0.3, 0.4) is 0 Å². The molecule has 0 radical (unpaired) electrons. The van der Waals surface area contributed by atoms with Crippen molar-refractivity contribution in [3.05, 3.63) is 66.0 Å². The lowest BCUT2D eigenvalue weighted by Gasteiger charge is -2.28. The molecular formula is C20H25FN2O4S2. The zero-order chi connectivity index (χ0) is 21.2. The van der Waals surface area contributed by atoms with E-state index in [-0.39, 0.29) is 16.7 Å². The maximum absolute atomic E-state index is 13.2. The van der Waals surface area contributed by atoms with Gasteiger partial charge in [0.25, 0.3) is 0 Å². The van der Waals surface area contributed by atoms with Crippen molar-refractivity contribution in [2.75, 3.05) is 32.1 Å². The number of nitrogens with one attached hydrogen (secondary N) is 1. The highest BCUT2D eigenvalue weighted by Crippen LogP contribution is 2.27. The standard InChI is InChI=1S/C20H25FN2O4S2/c1-23(2)19(15-6-4-3-5-7-15)12-22-18-13-28(24,25)14-20(18)29(26,27)17-10-8-16(21)9-11-17/h3-11,18-20,22H,12-14H2,1-2H3/t18-,19?,20-/m0/s1. The molecule has 1 saturated heterocycles. The Hall–Kier alpha value is -1.81. The third-order valence-corrected chi connectivity index (χ3v) is 9.39. The Bertz CT molecular complexity index is 1040. The maximum atomic E-state index is 13.2. The molecule has 6 nitrogen and oxygen atoms in total. The van der Waals surface area contributed by atoms with E-state index in [0.717, 1.165) is 17.7 Å². The maximum Gasteiger partial charge on any atom is 0.183 e. The minimum absolute atomic E-state index is 0.0475. The third kappa shape index (κ3) is 5.03. The number of nitrogens with zero attached hydrogens (tertiary/aromatic N) is 1. The quantitative estimate of drug-likeness (QED) is 0.660. The SMILES string of the molecule is CN(C)C(CN[C@H]1CS(=O)(=O)C[C@@H]1S(=O)(=O)c1ccc(F)cc1)c1ccccc1. The van der Waals surface area contributed by atoms with Crippen LogP contribution < -0.4 is 5.32 Å². The van der Waals surface area contributed by atoms with E-state index in [9.17, 15) is 21.2 Å². The Morgan fingerprint density at radius 2 is 1.69 bits per heavy atom. The highest BCUT2D eigenvalue weighted by atomic mass is 32.2. The fraction of sp³-hybridized carbons (Fsp3) is 0.400.